The first-order valence-corrected chi connectivity index (χ1v) is 7.24. The highest BCUT2D eigenvalue weighted by molar-refractivity contribution is 5.04. The largest absolute Gasteiger partial charge is 0.375 e. The van der Waals surface area contributed by atoms with Gasteiger partial charge in [0.2, 0.25) is 0 Å². The molecule has 0 spiro atoms. The highest BCUT2D eigenvalue weighted by atomic mass is 16.5. The quantitative estimate of drug-likeness (QED) is 0.553. The number of hydrogen-bond acceptors (Lipinski definition) is 1. The highest BCUT2D eigenvalue weighted by Crippen LogP contribution is 2.50. The molecule has 0 unspecified atom stereocenters. The first kappa shape index (κ1) is 13.1. The minimum Gasteiger partial charge on any atom is -0.375 e. The predicted octanol–water partition coefficient (Wildman–Crippen LogP) is 4.72. The van der Waals surface area contributed by atoms with Crippen LogP contribution >= 0.6 is 0 Å². The normalized spacial score (nSPS) is 38.4. The topological polar surface area (TPSA) is 9.23 Å². The number of hydrogen-bond donors (Lipinski definition) is 0. The molecule has 0 radical (unpaired) electrons. The van der Waals surface area contributed by atoms with Gasteiger partial charge in [-0.15, -0.1) is 0 Å². The molecule has 2 rings (SSSR count). The Morgan fingerprint density at radius 3 is 2.76 bits per heavy atom. The lowest BCUT2D eigenvalue weighted by molar-refractivity contribution is -0.135. The molecular formula is C16H28O. The summed E-state index contributed by atoms with van der Waals surface area (Å²) in [7, 11) is 0. The fourth-order valence-electron chi connectivity index (χ4n) is 4.01. The summed E-state index contributed by atoms with van der Waals surface area (Å²) in [5.74, 6) is 0.713. The second-order valence-electron chi connectivity index (χ2n) is 6.93. The van der Waals surface area contributed by atoms with Crippen LogP contribution in [0.25, 0.3) is 0 Å². The molecule has 1 saturated carbocycles. The average Bonchev–Trinajstić information content (AvgIpc) is 2.29. The molecule has 1 heterocycles. The van der Waals surface area contributed by atoms with Crippen LogP contribution in [0, 0.1) is 11.3 Å². The van der Waals surface area contributed by atoms with Crippen LogP contribution in [-0.2, 0) is 4.74 Å². The Morgan fingerprint density at radius 2 is 2.00 bits per heavy atom. The van der Waals surface area contributed by atoms with E-state index in [1.807, 2.05) is 0 Å². The van der Waals surface area contributed by atoms with E-state index in [-0.39, 0.29) is 5.60 Å². The average molecular weight is 236 g/mol. The zero-order valence-corrected chi connectivity index (χ0v) is 12.0. The van der Waals surface area contributed by atoms with Crippen molar-refractivity contribution in [2.24, 2.45) is 11.3 Å². The van der Waals surface area contributed by atoms with Crippen molar-refractivity contribution < 1.29 is 4.74 Å². The number of ether oxygens (including phenoxy) is 1. The van der Waals surface area contributed by atoms with Crippen molar-refractivity contribution in [2.45, 2.75) is 71.8 Å². The van der Waals surface area contributed by atoms with Gasteiger partial charge in [-0.05, 0) is 57.3 Å². The Morgan fingerprint density at radius 1 is 1.24 bits per heavy atom. The van der Waals surface area contributed by atoms with Crippen LogP contribution in [0.15, 0.2) is 11.6 Å². The lowest BCUT2D eigenvalue weighted by Gasteiger charge is -2.50. The first-order chi connectivity index (χ1) is 7.94. The zero-order valence-electron chi connectivity index (χ0n) is 12.0. The summed E-state index contributed by atoms with van der Waals surface area (Å²) in [6.07, 6.45) is 9.95. The molecule has 1 aliphatic carbocycles. The maximum atomic E-state index is 6.29. The Labute approximate surface area is 107 Å². The summed E-state index contributed by atoms with van der Waals surface area (Å²) in [6.45, 7) is 10.4. The van der Waals surface area contributed by atoms with Crippen LogP contribution in [0.1, 0.15) is 66.2 Å². The Hall–Kier alpha value is -0.300. The van der Waals surface area contributed by atoms with Crippen molar-refractivity contribution in [3.63, 3.8) is 0 Å². The maximum absolute atomic E-state index is 6.29. The minimum atomic E-state index is 0.125. The number of rotatable bonds is 0. The molecule has 2 aliphatic rings. The van der Waals surface area contributed by atoms with Crippen molar-refractivity contribution in [1.29, 1.82) is 0 Å². The number of allylic oxidation sites excluding steroid dienone is 1. The number of fused-ring (bicyclic) bond motifs is 1. The fourth-order valence-corrected chi connectivity index (χ4v) is 4.01. The smallest absolute Gasteiger partial charge is 0.0687 e. The van der Waals surface area contributed by atoms with E-state index in [1.54, 1.807) is 5.57 Å². The van der Waals surface area contributed by atoms with Crippen LogP contribution in [0.4, 0.5) is 0 Å². The van der Waals surface area contributed by atoms with Crippen LogP contribution in [0.3, 0.4) is 0 Å². The van der Waals surface area contributed by atoms with Gasteiger partial charge in [-0.1, -0.05) is 31.9 Å². The van der Waals surface area contributed by atoms with Crippen molar-refractivity contribution in [3.8, 4) is 0 Å². The summed E-state index contributed by atoms with van der Waals surface area (Å²) in [5.41, 5.74) is 2.12. The van der Waals surface area contributed by atoms with Crippen molar-refractivity contribution >= 4 is 0 Å². The molecule has 2 atom stereocenters. The molecule has 0 amide bonds. The molecule has 1 heteroatoms. The van der Waals surface area contributed by atoms with Crippen LogP contribution in [0.5, 0.6) is 0 Å². The maximum Gasteiger partial charge on any atom is 0.0687 e. The molecule has 98 valence electrons. The molecular weight excluding hydrogens is 208 g/mol. The molecule has 1 nitrogen and oxygen atoms in total. The van der Waals surface area contributed by atoms with Gasteiger partial charge >= 0.3 is 0 Å². The highest BCUT2D eigenvalue weighted by Gasteiger charge is 2.46. The third-order valence-electron chi connectivity index (χ3n) is 5.04. The summed E-state index contributed by atoms with van der Waals surface area (Å²) in [5, 5.41) is 0. The van der Waals surface area contributed by atoms with Gasteiger partial charge in [0, 0.05) is 0 Å². The van der Waals surface area contributed by atoms with Gasteiger partial charge in [-0.2, -0.15) is 0 Å². The predicted molar refractivity (Wildman–Crippen MR) is 73.1 cm³/mol. The van der Waals surface area contributed by atoms with Gasteiger partial charge < -0.3 is 4.74 Å². The lowest BCUT2D eigenvalue weighted by atomic mass is 9.60. The van der Waals surface area contributed by atoms with Crippen LogP contribution in [0.2, 0.25) is 0 Å². The Balaban J connectivity index is 2.22. The van der Waals surface area contributed by atoms with E-state index in [1.165, 1.54) is 32.1 Å². The summed E-state index contributed by atoms with van der Waals surface area (Å²) in [4.78, 5) is 0. The molecule has 0 aromatic carbocycles. The van der Waals surface area contributed by atoms with E-state index >= 15 is 0 Å². The van der Waals surface area contributed by atoms with E-state index in [0.717, 1.165) is 13.0 Å². The SMILES string of the molecule is CC1=CCCO[C@@]2(C)CCCC(C)(C)[C@@H]2CC1. The van der Waals surface area contributed by atoms with E-state index in [2.05, 4.69) is 33.8 Å². The van der Waals surface area contributed by atoms with Crippen LogP contribution in [-0.4, -0.2) is 12.2 Å². The molecule has 1 aliphatic heterocycles. The monoisotopic (exact) mass is 236 g/mol. The summed E-state index contributed by atoms with van der Waals surface area (Å²) in [6, 6.07) is 0. The molecule has 1 fully saturated rings. The van der Waals surface area contributed by atoms with Gasteiger partial charge in [0.15, 0.2) is 0 Å². The molecule has 0 bridgehead atoms. The third kappa shape index (κ3) is 2.76. The molecule has 0 aromatic rings. The Bertz CT molecular complexity index is 303. The van der Waals surface area contributed by atoms with Gasteiger partial charge in [0.1, 0.15) is 0 Å². The molecule has 0 aromatic heterocycles. The third-order valence-corrected chi connectivity index (χ3v) is 5.04. The second kappa shape index (κ2) is 4.76. The molecule has 0 saturated heterocycles. The van der Waals surface area contributed by atoms with Gasteiger partial charge in [0.25, 0.3) is 0 Å². The standard InChI is InChI=1S/C16H28O/c1-13-7-5-12-17-16(4)11-6-10-15(2,3)14(16)9-8-13/h7,14H,5-6,8-12H2,1-4H3/t14-,16-/m0/s1. The summed E-state index contributed by atoms with van der Waals surface area (Å²) >= 11 is 0. The van der Waals surface area contributed by atoms with E-state index < -0.39 is 0 Å². The van der Waals surface area contributed by atoms with E-state index in [4.69, 9.17) is 4.74 Å². The van der Waals surface area contributed by atoms with Crippen molar-refractivity contribution in [3.05, 3.63) is 11.6 Å². The molecule has 17 heavy (non-hydrogen) atoms. The lowest BCUT2D eigenvalue weighted by Crippen LogP contribution is -2.48. The first-order valence-electron chi connectivity index (χ1n) is 7.24. The zero-order chi connectivity index (χ0) is 12.5. The van der Waals surface area contributed by atoms with Crippen LogP contribution < -0.4 is 0 Å². The summed E-state index contributed by atoms with van der Waals surface area (Å²) < 4.78 is 6.29. The fraction of sp³-hybridized carbons (Fsp3) is 0.875. The van der Waals surface area contributed by atoms with Crippen molar-refractivity contribution in [1.82, 2.24) is 0 Å². The van der Waals surface area contributed by atoms with Crippen molar-refractivity contribution in [2.75, 3.05) is 6.61 Å². The second-order valence-corrected chi connectivity index (χ2v) is 6.93. The van der Waals surface area contributed by atoms with E-state index in [0.29, 0.717) is 11.3 Å². The van der Waals surface area contributed by atoms with Gasteiger partial charge in [-0.3, -0.25) is 0 Å². The minimum absolute atomic E-state index is 0.125. The Kier molecular flexibility index (Phi) is 3.68. The van der Waals surface area contributed by atoms with E-state index in [9.17, 15) is 0 Å². The van der Waals surface area contributed by atoms with Gasteiger partial charge in [0.05, 0.1) is 12.2 Å². The van der Waals surface area contributed by atoms with Gasteiger partial charge in [-0.25, -0.2) is 0 Å². The molecule has 0 N–H and O–H groups in total.